The molecule has 2 rings (SSSR count). The molecular formula is C15H23N3O. The maximum Gasteiger partial charge on any atom is 0.229 e. The Morgan fingerprint density at radius 2 is 2.11 bits per heavy atom. The molecule has 19 heavy (non-hydrogen) atoms. The lowest BCUT2D eigenvalue weighted by atomic mass is 9.67. The molecule has 1 aliphatic rings. The third-order valence-corrected chi connectivity index (χ3v) is 4.11. The van der Waals surface area contributed by atoms with Gasteiger partial charge in [0.25, 0.3) is 0 Å². The molecule has 1 aromatic heterocycles. The van der Waals surface area contributed by atoms with E-state index in [0.29, 0.717) is 5.91 Å². The molecule has 1 N–H and O–H groups in total. The van der Waals surface area contributed by atoms with E-state index in [0.717, 1.165) is 32.4 Å². The molecule has 4 heteroatoms. The molecule has 1 aromatic rings. The Morgan fingerprint density at radius 3 is 2.63 bits per heavy atom. The lowest BCUT2D eigenvalue weighted by Crippen LogP contribution is -2.51. The van der Waals surface area contributed by atoms with Crippen molar-refractivity contribution < 1.29 is 4.79 Å². The highest BCUT2D eigenvalue weighted by Gasteiger charge is 2.44. The second-order valence-corrected chi connectivity index (χ2v) is 5.50. The fourth-order valence-corrected chi connectivity index (χ4v) is 2.76. The summed E-state index contributed by atoms with van der Waals surface area (Å²) in [5.74, 6) is 0.294. The first-order valence-corrected chi connectivity index (χ1v) is 6.97. The average Bonchev–Trinajstić information content (AvgIpc) is 2.40. The largest absolute Gasteiger partial charge is 0.345 e. The number of aromatic nitrogens is 1. The number of carbonyl (C=O) groups excluding carboxylic acids is 1. The van der Waals surface area contributed by atoms with Crippen LogP contribution in [-0.4, -0.2) is 43.0 Å². The van der Waals surface area contributed by atoms with Crippen molar-refractivity contribution in [3.8, 4) is 0 Å². The van der Waals surface area contributed by atoms with Gasteiger partial charge in [0.1, 0.15) is 0 Å². The van der Waals surface area contributed by atoms with Gasteiger partial charge in [0, 0.05) is 32.5 Å². The topological polar surface area (TPSA) is 45.2 Å². The number of likely N-dealkylation sites (N-methyl/N-ethyl adjacent to an activating group) is 1. The van der Waals surface area contributed by atoms with Crippen LogP contribution >= 0.6 is 0 Å². The fourth-order valence-electron chi connectivity index (χ4n) is 2.76. The van der Waals surface area contributed by atoms with E-state index in [2.05, 4.69) is 10.3 Å². The standard InChI is InChI=1S/C15H23N3O/c1-16-12-15(7-3-8-15)14(19)18(2)11-6-13-4-9-17-10-5-13/h4-5,9-10,16H,3,6-8,11-12H2,1-2H3. The van der Waals surface area contributed by atoms with Crippen LogP contribution in [-0.2, 0) is 11.2 Å². The third kappa shape index (κ3) is 3.13. The maximum absolute atomic E-state index is 12.5. The van der Waals surface area contributed by atoms with Crippen molar-refractivity contribution in [3.63, 3.8) is 0 Å². The molecule has 0 saturated heterocycles. The zero-order valence-corrected chi connectivity index (χ0v) is 11.9. The van der Waals surface area contributed by atoms with Crippen LogP contribution in [0.25, 0.3) is 0 Å². The fraction of sp³-hybridized carbons (Fsp3) is 0.600. The minimum absolute atomic E-state index is 0.137. The van der Waals surface area contributed by atoms with Gasteiger partial charge in [-0.25, -0.2) is 0 Å². The van der Waals surface area contributed by atoms with Crippen LogP contribution in [0.5, 0.6) is 0 Å². The van der Waals surface area contributed by atoms with Crippen molar-refractivity contribution in [2.24, 2.45) is 5.41 Å². The van der Waals surface area contributed by atoms with Crippen molar-refractivity contribution in [3.05, 3.63) is 30.1 Å². The molecule has 1 saturated carbocycles. The Kier molecular flexibility index (Phi) is 4.53. The van der Waals surface area contributed by atoms with Gasteiger partial charge in [-0.1, -0.05) is 6.42 Å². The first kappa shape index (κ1) is 14.0. The van der Waals surface area contributed by atoms with Crippen molar-refractivity contribution in [1.82, 2.24) is 15.2 Å². The van der Waals surface area contributed by atoms with Crippen molar-refractivity contribution >= 4 is 5.91 Å². The van der Waals surface area contributed by atoms with Gasteiger partial charge in [0.2, 0.25) is 5.91 Å². The van der Waals surface area contributed by atoms with E-state index in [1.54, 1.807) is 12.4 Å². The maximum atomic E-state index is 12.5. The molecule has 0 radical (unpaired) electrons. The first-order chi connectivity index (χ1) is 9.18. The van der Waals surface area contributed by atoms with Crippen LogP contribution in [0.4, 0.5) is 0 Å². The molecule has 0 aromatic carbocycles. The lowest BCUT2D eigenvalue weighted by Gasteiger charge is -2.42. The normalized spacial score (nSPS) is 16.7. The van der Waals surface area contributed by atoms with Gasteiger partial charge in [-0.3, -0.25) is 9.78 Å². The van der Waals surface area contributed by atoms with Crippen LogP contribution in [0.2, 0.25) is 0 Å². The lowest BCUT2D eigenvalue weighted by molar-refractivity contribution is -0.145. The molecule has 104 valence electrons. The SMILES string of the molecule is CNCC1(C(=O)N(C)CCc2ccncc2)CCC1. The van der Waals surface area contributed by atoms with Gasteiger partial charge in [0.15, 0.2) is 0 Å². The van der Waals surface area contributed by atoms with E-state index in [-0.39, 0.29) is 5.41 Å². The second kappa shape index (κ2) is 6.15. The van der Waals surface area contributed by atoms with Crippen molar-refractivity contribution in [1.29, 1.82) is 0 Å². The van der Waals surface area contributed by atoms with Gasteiger partial charge in [-0.05, 0) is 44.0 Å². The Hall–Kier alpha value is -1.42. The summed E-state index contributed by atoms with van der Waals surface area (Å²) in [7, 11) is 3.84. The Morgan fingerprint density at radius 1 is 1.42 bits per heavy atom. The van der Waals surface area contributed by atoms with Crippen LogP contribution in [0.1, 0.15) is 24.8 Å². The van der Waals surface area contributed by atoms with Crippen molar-refractivity contribution in [2.45, 2.75) is 25.7 Å². The van der Waals surface area contributed by atoms with E-state index >= 15 is 0 Å². The van der Waals surface area contributed by atoms with E-state index < -0.39 is 0 Å². The quantitative estimate of drug-likeness (QED) is 0.843. The van der Waals surface area contributed by atoms with E-state index in [9.17, 15) is 4.79 Å². The zero-order chi connectivity index (χ0) is 13.7. The molecule has 1 fully saturated rings. The number of hydrogen-bond acceptors (Lipinski definition) is 3. The van der Waals surface area contributed by atoms with Crippen LogP contribution in [0, 0.1) is 5.41 Å². The summed E-state index contributed by atoms with van der Waals surface area (Å²) in [4.78, 5) is 18.4. The first-order valence-electron chi connectivity index (χ1n) is 6.97. The van der Waals surface area contributed by atoms with E-state index in [1.807, 2.05) is 31.1 Å². The van der Waals surface area contributed by atoms with Crippen LogP contribution in [0.3, 0.4) is 0 Å². The number of nitrogens with zero attached hydrogens (tertiary/aromatic N) is 2. The molecule has 0 atom stereocenters. The summed E-state index contributed by atoms with van der Waals surface area (Å²) in [5, 5.41) is 3.16. The van der Waals surface area contributed by atoms with Gasteiger partial charge in [0.05, 0.1) is 5.41 Å². The predicted octanol–water partition coefficient (Wildman–Crippen LogP) is 1.47. The highest BCUT2D eigenvalue weighted by molar-refractivity contribution is 5.83. The highest BCUT2D eigenvalue weighted by atomic mass is 16.2. The molecular weight excluding hydrogens is 238 g/mol. The summed E-state index contributed by atoms with van der Waals surface area (Å²) in [6.07, 6.45) is 7.70. The molecule has 1 heterocycles. The van der Waals surface area contributed by atoms with Gasteiger partial charge >= 0.3 is 0 Å². The van der Waals surface area contributed by atoms with Crippen LogP contribution in [0.15, 0.2) is 24.5 Å². The average molecular weight is 261 g/mol. The highest BCUT2D eigenvalue weighted by Crippen LogP contribution is 2.41. The second-order valence-electron chi connectivity index (χ2n) is 5.50. The van der Waals surface area contributed by atoms with E-state index in [1.165, 1.54) is 12.0 Å². The number of pyridine rings is 1. The van der Waals surface area contributed by atoms with Gasteiger partial charge < -0.3 is 10.2 Å². The molecule has 1 amide bonds. The zero-order valence-electron chi connectivity index (χ0n) is 11.9. The number of nitrogens with one attached hydrogen (secondary N) is 1. The summed E-state index contributed by atoms with van der Waals surface area (Å²) >= 11 is 0. The summed E-state index contributed by atoms with van der Waals surface area (Å²) in [6.45, 7) is 1.57. The van der Waals surface area contributed by atoms with Crippen molar-refractivity contribution in [2.75, 3.05) is 27.2 Å². The monoisotopic (exact) mass is 261 g/mol. The molecule has 0 bridgehead atoms. The number of amides is 1. The summed E-state index contributed by atoms with van der Waals surface area (Å²) in [5.41, 5.74) is 1.09. The van der Waals surface area contributed by atoms with Gasteiger partial charge in [-0.15, -0.1) is 0 Å². The van der Waals surface area contributed by atoms with Crippen LogP contribution < -0.4 is 5.32 Å². The van der Waals surface area contributed by atoms with E-state index in [4.69, 9.17) is 0 Å². The molecule has 0 spiro atoms. The Bertz CT molecular complexity index is 415. The summed E-state index contributed by atoms with van der Waals surface area (Å²) in [6, 6.07) is 4.01. The minimum Gasteiger partial charge on any atom is -0.345 e. The third-order valence-electron chi connectivity index (χ3n) is 4.11. The molecule has 1 aliphatic carbocycles. The Labute approximate surface area is 115 Å². The molecule has 4 nitrogen and oxygen atoms in total. The predicted molar refractivity (Wildman–Crippen MR) is 75.8 cm³/mol. The molecule has 0 unspecified atom stereocenters. The number of hydrogen-bond donors (Lipinski definition) is 1. The molecule has 0 aliphatic heterocycles. The Balaban J connectivity index is 1.89. The number of carbonyl (C=O) groups is 1. The minimum atomic E-state index is -0.137. The number of rotatable bonds is 6. The van der Waals surface area contributed by atoms with Gasteiger partial charge in [-0.2, -0.15) is 0 Å². The summed E-state index contributed by atoms with van der Waals surface area (Å²) < 4.78 is 0. The smallest absolute Gasteiger partial charge is 0.229 e.